The minimum absolute atomic E-state index is 0.169. The first-order valence-electron chi connectivity index (χ1n) is 9.85. The quantitative estimate of drug-likeness (QED) is 0.573. The molecule has 6 nitrogen and oxygen atoms in total. The lowest BCUT2D eigenvalue weighted by Crippen LogP contribution is -2.22. The fourth-order valence-electron chi connectivity index (χ4n) is 3.02. The molecule has 0 aliphatic heterocycles. The second-order valence-electron chi connectivity index (χ2n) is 7.31. The predicted molar refractivity (Wildman–Crippen MR) is 120 cm³/mol. The Bertz CT molecular complexity index is 1140. The summed E-state index contributed by atoms with van der Waals surface area (Å²) in [6, 6.07) is 19.4. The van der Waals surface area contributed by atoms with Crippen molar-refractivity contribution in [3.63, 3.8) is 0 Å². The van der Waals surface area contributed by atoms with Gasteiger partial charge in [0.1, 0.15) is 0 Å². The Morgan fingerprint density at radius 2 is 1.52 bits per heavy atom. The number of para-hydroxylation sites is 1. The van der Waals surface area contributed by atoms with E-state index in [0.29, 0.717) is 16.9 Å². The molecule has 3 rings (SSSR count). The van der Waals surface area contributed by atoms with Crippen molar-refractivity contribution < 1.29 is 19.1 Å². The Balaban J connectivity index is 1.65. The normalized spacial score (nSPS) is 10.3. The first-order valence-corrected chi connectivity index (χ1v) is 9.85. The zero-order valence-electron chi connectivity index (χ0n) is 17.7. The summed E-state index contributed by atoms with van der Waals surface area (Å²) in [6.45, 7) is 5.27. The molecule has 0 aliphatic carbocycles. The van der Waals surface area contributed by atoms with E-state index in [0.717, 1.165) is 16.7 Å². The van der Waals surface area contributed by atoms with Crippen molar-refractivity contribution in [3.8, 4) is 0 Å². The van der Waals surface area contributed by atoms with E-state index in [4.69, 9.17) is 4.74 Å². The van der Waals surface area contributed by atoms with Crippen molar-refractivity contribution in [2.75, 3.05) is 17.2 Å². The average Bonchev–Trinajstić information content (AvgIpc) is 2.75. The van der Waals surface area contributed by atoms with Gasteiger partial charge < -0.3 is 15.4 Å². The molecule has 0 fully saturated rings. The molecular weight excluding hydrogens is 392 g/mol. The van der Waals surface area contributed by atoms with Crippen LogP contribution in [0.15, 0.2) is 66.7 Å². The number of hydrogen-bond donors (Lipinski definition) is 2. The first-order chi connectivity index (χ1) is 14.8. The van der Waals surface area contributed by atoms with Crippen LogP contribution in [0.2, 0.25) is 0 Å². The van der Waals surface area contributed by atoms with Crippen molar-refractivity contribution in [3.05, 3.63) is 94.5 Å². The summed E-state index contributed by atoms with van der Waals surface area (Å²) in [6.07, 6.45) is 0. The van der Waals surface area contributed by atoms with E-state index in [-0.39, 0.29) is 11.5 Å². The largest absolute Gasteiger partial charge is 0.452 e. The summed E-state index contributed by atoms with van der Waals surface area (Å²) in [5, 5.41) is 5.48. The summed E-state index contributed by atoms with van der Waals surface area (Å²) < 4.78 is 5.18. The molecule has 0 unspecified atom stereocenters. The van der Waals surface area contributed by atoms with Crippen molar-refractivity contribution in [2.45, 2.75) is 20.8 Å². The Morgan fingerprint density at radius 1 is 0.774 bits per heavy atom. The lowest BCUT2D eigenvalue weighted by Gasteiger charge is -2.12. The summed E-state index contributed by atoms with van der Waals surface area (Å²) in [4.78, 5) is 37.3. The fourth-order valence-corrected chi connectivity index (χ4v) is 3.02. The number of rotatable bonds is 6. The van der Waals surface area contributed by atoms with Crippen LogP contribution in [0.3, 0.4) is 0 Å². The van der Waals surface area contributed by atoms with Crippen LogP contribution in [0.4, 0.5) is 11.4 Å². The standard InChI is InChI=1S/C25H24N2O4/c1-16-7-6-8-19(13-16)24(29)27-21-10-5-4-9-20(21)25(30)31-15-23(28)26-22-14-17(2)11-12-18(22)3/h4-14H,15H2,1-3H3,(H,26,28)(H,27,29). The molecule has 0 saturated carbocycles. The molecule has 2 amide bonds. The van der Waals surface area contributed by atoms with E-state index in [9.17, 15) is 14.4 Å². The van der Waals surface area contributed by atoms with Crippen molar-refractivity contribution in [2.24, 2.45) is 0 Å². The number of anilines is 2. The predicted octanol–water partition coefficient (Wildman–Crippen LogP) is 4.66. The zero-order chi connectivity index (χ0) is 22.4. The molecule has 3 aromatic carbocycles. The Labute approximate surface area is 181 Å². The van der Waals surface area contributed by atoms with Gasteiger partial charge >= 0.3 is 5.97 Å². The highest BCUT2D eigenvalue weighted by Crippen LogP contribution is 2.19. The highest BCUT2D eigenvalue weighted by atomic mass is 16.5. The maximum atomic E-state index is 12.6. The number of hydrogen-bond acceptors (Lipinski definition) is 4. The van der Waals surface area contributed by atoms with Crippen molar-refractivity contribution in [1.29, 1.82) is 0 Å². The molecule has 3 aromatic rings. The van der Waals surface area contributed by atoms with Gasteiger partial charge in [-0.15, -0.1) is 0 Å². The average molecular weight is 416 g/mol. The highest BCUT2D eigenvalue weighted by Gasteiger charge is 2.17. The lowest BCUT2D eigenvalue weighted by molar-refractivity contribution is -0.119. The number of nitrogens with one attached hydrogen (secondary N) is 2. The number of carbonyl (C=O) groups excluding carboxylic acids is 3. The summed E-state index contributed by atoms with van der Waals surface area (Å²) in [5.41, 5.74) is 4.51. The zero-order valence-corrected chi connectivity index (χ0v) is 17.7. The number of aryl methyl sites for hydroxylation is 3. The minimum Gasteiger partial charge on any atom is -0.452 e. The van der Waals surface area contributed by atoms with Gasteiger partial charge in [-0.3, -0.25) is 9.59 Å². The second kappa shape index (κ2) is 9.71. The molecule has 0 aromatic heterocycles. The molecule has 158 valence electrons. The molecule has 0 spiro atoms. The number of amides is 2. The Kier molecular flexibility index (Phi) is 6.82. The van der Waals surface area contributed by atoms with E-state index in [1.54, 1.807) is 36.4 Å². The Morgan fingerprint density at radius 3 is 2.29 bits per heavy atom. The third-order valence-corrected chi connectivity index (χ3v) is 4.68. The smallest absolute Gasteiger partial charge is 0.340 e. The molecule has 0 saturated heterocycles. The van der Waals surface area contributed by atoms with Crippen LogP contribution < -0.4 is 10.6 Å². The van der Waals surface area contributed by atoms with Crippen molar-refractivity contribution in [1.82, 2.24) is 0 Å². The SMILES string of the molecule is Cc1cccc(C(=O)Nc2ccccc2C(=O)OCC(=O)Nc2cc(C)ccc2C)c1. The fraction of sp³-hybridized carbons (Fsp3) is 0.160. The van der Waals surface area contributed by atoms with Gasteiger partial charge in [-0.2, -0.15) is 0 Å². The number of esters is 1. The lowest BCUT2D eigenvalue weighted by atomic mass is 10.1. The van der Waals surface area contributed by atoms with Crippen LogP contribution in [0.1, 0.15) is 37.4 Å². The number of carbonyl (C=O) groups is 3. The van der Waals surface area contributed by atoms with Gasteiger partial charge in [0.25, 0.3) is 11.8 Å². The molecule has 6 heteroatoms. The minimum atomic E-state index is -0.698. The monoisotopic (exact) mass is 416 g/mol. The molecule has 2 N–H and O–H groups in total. The van der Waals surface area contributed by atoms with Crippen LogP contribution in [-0.2, 0) is 9.53 Å². The van der Waals surface area contributed by atoms with Gasteiger partial charge in [-0.25, -0.2) is 4.79 Å². The van der Waals surface area contributed by atoms with Gasteiger partial charge in [0.05, 0.1) is 11.3 Å². The second-order valence-corrected chi connectivity index (χ2v) is 7.31. The molecule has 0 aliphatic rings. The van der Waals surface area contributed by atoms with Crippen LogP contribution >= 0.6 is 0 Å². The van der Waals surface area contributed by atoms with Gasteiger partial charge in [-0.05, 0) is 62.2 Å². The number of ether oxygens (including phenoxy) is 1. The maximum Gasteiger partial charge on any atom is 0.340 e. The van der Waals surface area contributed by atoms with Gasteiger partial charge in [-0.1, -0.05) is 42.0 Å². The number of benzene rings is 3. The highest BCUT2D eigenvalue weighted by molar-refractivity contribution is 6.08. The molecule has 0 atom stereocenters. The summed E-state index contributed by atoms with van der Waals surface area (Å²) in [7, 11) is 0. The van der Waals surface area contributed by atoms with Crippen LogP contribution in [0, 0.1) is 20.8 Å². The maximum absolute atomic E-state index is 12.6. The molecular formula is C25H24N2O4. The van der Waals surface area contributed by atoms with Crippen LogP contribution in [-0.4, -0.2) is 24.4 Å². The summed E-state index contributed by atoms with van der Waals surface area (Å²) in [5.74, 6) is -1.48. The van der Waals surface area contributed by atoms with E-state index >= 15 is 0 Å². The third kappa shape index (κ3) is 5.79. The third-order valence-electron chi connectivity index (χ3n) is 4.68. The van der Waals surface area contributed by atoms with Gasteiger partial charge in [0.2, 0.25) is 0 Å². The first kappa shape index (κ1) is 21.8. The van der Waals surface area contributed by atoms with E-state index in [1.165, 1.54) is 6.07 Å². The van der Waals surface area contributed by atoms with Gasteiger partial charge in [0, 0.05) is 11.3 Å². The molecule has 31 heavy (non-hydrogen) atoms. The van der Waals surface area contributed by atoms with Gasteiger partial charge in [0.15, 0.2) is 6.61 Å². The molecule has 0 bridgehead atoms. The van der Waals surface area contributed by atoms with E-state index in [1.807, 2.05) is 45.0 Å². The molecule has 0 heterocycles. The van der Waals surface area contributed by atoms with Crippen molar-refractivity contribution >= 4 is 29.2 Å². The van der Waals surface area contributed by atoms with E-state index < -0.39 is 18.5 Å². The Hall–Kier alpha value is -3.93. The van der Waals surface area contributed by atoms with Crippen LogP contribution in [0.5, 0.6) is 0 Å². The summed E-state index contributed by atoms with van der Waals surface area (Å²) >= 11 is 0. The topological polar surface area (TPSA) is 84.5 Å². The van der Waals surface area contributed by atoms with Crippen LogP contribution in [0.25, 0.3) is 0 Å². The molecule has 0 radical (unpaired) electrons. The van der Waals surface area contributed by atoms with E-state index in [2.05, 4.69) is 10.6 Å².